The van der Waals surface area contributed by atoms with Crippen LogP contribution >= 0.6 is 0 Å². The van der Waals surface area contributed by atoms with E-state index in [0.29, 0.717) is 33.6 Å². The summed E-state index contributed by atoms with van der Waals surface area (Å²) in [4.78, 5) is 37.7. The van der Waals surface area contributed by atoms with E-state index in [1.807, 2.05) is 38.1 Å². The van der Waals surface area contributed by atoms with Crippen LogP contribution in [0.4, 0.5) is 22.7 Å². The van der Waals surface area contributed by atoms with Crippen molar-refractivity contribution in [2.24, 2.45) is 0 Å². The normalized spacial score (nSPS) is 11.7. The zero-order valence-corrected chi connectivity index (χ0v) is 30.2. The van der Waals surface area contributed by atoms with Crippen LogP contribution in [0.15, 0.2) is 72.8 Å². The van der Waals surface area contributed by atoms with E-state index in [-0.39, 0.29) is 11.6 Å². The van der Waals surface area contributed by atoms with Crippen molar-refractivity contribution in [3.05, 3.63) is 117 Å². The summed E-state index contributed by atoms with van der Waals surface area (Å²) < 4.78 is 22.1. The van der Waals surface area contributed by atoms with Gasteiger partial charge in [0.2, 0.25) is 10.0 Å². The third-order valence-corrected chi connectivity index (χ3v) is 8.75. The van der Waals surface area contributed by atoms with Crippen molar-refractivity contribution in [3.63, 3.8) is 0 Å². The topological polar surface area (TPSA) is 142 Å². The van der Waals surface area contributed by atoms with E-state index in [9.17, 15) is 22.8 Å². The maximum atomic E-state index is 14.0. The molecule has 0 atom stereocenters. The molecule has 0 aromatic heterocycles. The van der Waals surface area contributed by atoms with E-state index in [0.717, 1.165) is 43.3 Å². The van der Waals surface area contributed by atoms with Gasteiger partial charge in [-0.05, 0) is 60.1 Å². The number of carbonyl (C=O) groups is 3. The molecular formula is C39H47N3O6S. The molecule has 5 rings (SSSR count). The number of hydrogen-bond donors (Lipinski definition) is 4. The van der Waals surface area contributed by atoms with Gasteiger partial charge in [0, 0.05) is 22.5 Å². The van der Waals surface area contributed by atoms with Crippen molar-refractivity contribution in [2.75, 3.05) is 23.4 Å². The lowest BCUT2D eigenvalue weighted by molar-refractivity contribution is -0.135. The number of fused-ring (bicyclic) bond motifs is 2. The summed E-state index contributed by atoms with van der Waals surface area (Å²) in [5.74, 6) is -1.46. The van der Waals surface area contributed by atoms with Crippen LogP contribution < -0.4 is 15.4 Å². The maximum absolute atomic E-state index is 14.0. The molecule has 1 aliphatic carbocycles. The van der Waals surface area contributed by atoms with Gasteiger partial charge in [0.05, 0.1) is 28.8 Å². The third kappa shape index (κ3) is 9.22. The molecule has 0 unspecified atom stereocenters. The molecule has 0 fully saturated rings. The predicted molar refractivity (Wildman–Crippen MR) is 199 cm³/mol. The van der Waals surface area contributed by atoms with Crippen LogP contribution in [-0.4, -0.2) is 43.9 Å². The molecule has 0 heterocycles. The maximum Gasteiger partial charge on any atom is 0.318 e. The Balaban J connectivity index is 0.000000515. The molecule has 0 spiro atoms. The molecule has 0 saturated carbocycles. The molecule has 0 aliphatic heterocycles. The van der Waals surface area contributed by atoms with Gasteiger partial charge in [-0.1, -0.05) is 102 Å². The Morgan fingerprint density at radius 1 is 0.612 bits per heavy atom. The van der Waals surface area contributed by atoms with Gasteiger partial charge < -0.3 is 15.7 Å². The van der Waals surface area contributed by atoms with Crippen LogP contribution in [0.25, 0.3) is 0 Å². The monoisotopic (exact) mass is 685 g/mol. The van der Waals surface area contributed by atoms with Gasteiger partial charge in [0.1, 0.15) is 6.54 Å². The highest BCUT2D eigenvalue weighted by molar-refractivity contribution is 7.88. The van der Waals surface area contributed by atoms with Gasteiger partial charge in [0.25, 0.3) is 0 Å². The number of sulfonamides is 1. The number of nitrogens with one attached hydrogen (secondary N) is 3. The molecule has 10 heteroatoms. The molecule has 49 heavy (non-hydrogen) atoms. The van der Waals surface area contributed by atoms with Crippen LogP contribution in [0, 0.1) is 0 Å². The third-order valence-electron chi connectivity index (χ3n) is 8.08. The number of hydrogen-bond acceptors (Lipinski definition) is 7. The number of carboxylic acids is 1. The lowest BCUT2D eigenvalue weighted by atomic mass is 9.82. The van der Waals surface area contributed by atoms with E-state index in [2.05, 4.69) is 74.7 Å². The van der Waals surface area contributed by atoms with Crippen molar-refractivity contribution in [1.82, 2.24) is 4.72 Å². The summed E-state index contributed by atoms with van der Waals surface area (Å²) in [6.45, 7) is 12.0. The highest BCUT2D eigenvalue weighted by Crippen LogP contribution is 2.40. The van der Waals surface area contributed by atoms with Crippen molar-refractivity contribution < 1.29 is 27.9 Å². The fourth-order valence-electron chi connectivity index (χ4n) is 5.70. The summed E-state index contributed by atoms with van der Waals surface area (Å²) in [6, 6.07) is 23.6. The Morgan fingerprint density at radius 2 is 0.959 bits per heavy atom. The zero-order chi connectivity index (χ0) is 36.3. The Morgan fingerprint density at radius 3 is 1.22 bits per heavy atom. The molecule has 9 nitrogen and oxygen atoms in total. The minimum atomic E-state index is -3.35. The predicted octanol–water partition coefficient (Wildman–Crippen LogP) is 7.85. The molecular weight excluding hydrogens is 639 g/mol. The number of rotatable bonds is 11. The number of para-hydroxylation sites is 2. The molecule has 4 aromatic carbocycles. The number of aliphatic carboxylic acids is 1. The minimum Gasteiger partial charge on any atom is -0.480 e. The Bertz CT molecular complexity index is 1780. The van der Waals surface area contributed by atoms with E-state index in [1.165, 1.54) is 22.3 Å². The van der Waals surface area contributed by atoms with E-state index >= 15 is 0 Å². The number of benzene rings is 4. The van der Waals surface area contributed by atoms with E-state index in [1.54, 1.807) is 16.9 Å². The Hall–Kier alpha value is -4.80. The zero-order valence-electron chi connectivity index (χ0n) is 29.4. The first kappa shape index (κ1) is 38.6. The standard InChI is InChI=1S/C34H34N2O2.C3H7NO4S.C2H6/c1-5-21-13-11-14-22(6-2)31(21)35-27-19-20-28(36-32-23(7-3)15-12-16-24(32)8-4)30-29(27)33(37)25-17-9-10-18-26(25)34(30)38;1-9(7,8)4-2-3(5)6;1-2/h9-20,35-36H,5-8H2,1-4H3;4H,2H2,1H3,(H,5,6);1-2H3. The van der Waals surface area contributed by atoms with Crippen molar-refractivity contribution >= 4 is 50.3 Å². The summed E-state index contributed by atoms with van der Waals surface area (Å²) >= 11 is 0. The smallest absolute Gasteiger partial charge is 0.318 e. The fourth-order valence-corrected chi connectivity index (χ4v) is 6.09. The minimum absolute atomic E-state index is 0.132. The quantitative estimate of drug-likeness (QED) is 0.110. The highest BCUT2D eigenvalue weighted by atomic mass is 32.2. The van der Waals surface area contributed by atoms with Crippen LogP contribution in [-0.2, 0) is 40.5 Å². The molecule has 0 radical (unpaired) electrons. The second-order valence-electron chi connectivity index (χ2n) is 11.2. The number of aryl methyl sites for hydroxylation is 4. The Kier molecular flexibility index (Phi) is 13.8. The number of ketones is 2. The van der Waals surface area contributed by atoms with Gasteiger partial charge in [-0.3, -0.25) is 14.4 Å². The Labute approximate surface area is 290 Å². The van der Waals surface area contributed by atoms with Crippen LogP contribution in [0.5, 0.6) is 0 Å². The van der Waals surface area contributed by atoms with Crippen molar-refractivity contribution in [1.29, 1.82) is 0 Å². The molecule has 4 N–H and O–H groups in total. The first-order valence-electron chi connectivity index (χ1n) is 16.7. The lowest BCUT2D eigenvalue weighted by Gasteiger charge is -2.26. The van der Waals surface area contributed by atoms with Gasteiger partial charge in [-0.2, -0.15) is 0 Å². The largest absolute Gasteiger partial charge is 0.480 e. The summed E-state index contributed by atoms with van der Waals surface area (Å²) in [5.41, 5.74) is 9.84. The molecule has 0 amide bonds. The van der Waals surface area contributed by atoms with E-state index in [4.69, 9.17) is 5.11 Å². The van der Waals surface area contributed by atoms with Crippen LogP contribution in [0.3, 0.4) is 0 Å². The SMILES string of the molecule is CC.CCc1cccc(CC)c1Nc1ccc(Nc2c(CC)cccc2CC)c2c1C(=O)c1ccccc1C2=O.CS(=O)(=O)NCC(=O)O. The summed E-state index contributed by atoms with van der Waals surface area (Å²) in [7, 11) is -3.35. The van der Waals surface area contributed by atoms with Crippen LogP contribution in [0.2, 0.25) is 0 Å². The average molecular weight is 686 g/mol. The lowest BCUT2D eigenvalue weighted by Crippen LogP contribution is -2.27. The number of carbonyl (C=O) groups excluding carboxylic acids is 2. The van der Waals surface area contributed by atoms with Crippen molar-refractivity contribution in [3.8, 4) is 0 Å². The average Bonchev–Trinajstić information content (AvgIpc) is 3.11. The number of anilines is 4. The van der Waals surface area contributed by atoms with Crippen molar-refractivity contribution in [2.45, 2.75) is 67.2 Å². The van der Waals surface area contributed by atoms with Gasteiger partial charge in [-0.25, -0.2) is 13.1 Å². The van der Waals surface area contributed by atoms with Gasteiger partial charge >= 0.3 is 5.97 Å². The second kappa shape index (κ2) is 17.6. The first-order chi connectivity index (χ1) is 23.4. The molecule has 0 saturated heterocycles. The highest BCUT2D eigenvalue weighted by Gasteiger charge is 2.34. The van der Waals surface area contributed by atoms with Crippen LogP contribution in [0.1, 0.15) is 95.6 Å². The summed E-state index contributed by atoms with van der Waals surface area (Å²) in [6.07, 6.45) is 4.35. The fraction of sp³-hybridized carbons (Fsp3) is 0.308. The van der Waals surface area contributed by atoms with Gasteiger partial charge in [0.15, 0.2) is 11.6 Å². The molecule has 0 bridgehead atoms. The number of carboxylic acid groups (broad SMARTS) is 1. The molecule has 260 valence electrons. The molecule has 4 aromatic rings. The van der Waals surface area contributed by atoms with E-state index < -0.39 is 22.5 Å². The summed E-state index contributed by atoms with van der Waals surface area (Å²) in [5, 5.41) is 15.1. The molecule has 1 aliphatic rings. The van der Waals surface area contributed by atoms with Gasteiger partial charge in [-0.15, -0.1) is 0 Å². The second-order valence-corrected chi connectivity index (χ2v) is 13.0. The first-order valence-corrected chi connectivity index (χ1v) is 18.6.